The van der Waals surface area contributed by atoms with Crippen LogP contribution in [0.1, 0.15) is 41.6 Å². The fourth-order valence-corrected chi connectivity index (χ4v) is 4.32. The zero-order valence-electron chi connectivity index (χ0n) is 14.5. The Morgan fingerprint density at radius 2 is 2.00 bits per heavy atom. The molecular formula is C20H24N2O2S. The van der Waals surface area contributed by atoms with Gasteiger partial charge in [-0.1, -0.05) is 25.0 Å². The second-order valence-corrected chi connectivity index (χ2v) is 7.52. The van der Waals surface area contributed by atoms with Crippen molar-refractivity contribution in [2.45, 2.75) is 42.4 Å². The minimum Gasteiger partial charge on any atom is -0.497 e. The Hall–Kier alpha value is -2.01. The number of benzene rings is 1. The molecule has 5 heteroatoms. The van der Waals surface area contributed by atoms with Crippen LogP contribution in [-0.2, 0) is 6.42 Å². The predicted molar refractivity (Wildman–Crippen MR) is 101 cm³/mol. The van der Waals surface area contributed by atoms with Crippen LogP contribution in [0.4, 0.5) is 0 Å². The number of hydrogen-bond donors (Lipinski definition) is 1. The van der Waals surface area contributed by atoms with Crippen molar-refractivity contribution in [3.8, 4) is 5.75 Å². The Bertz CT molecular complexity index is 697. The second-order valence-electron chi connectivity index (χ2n) is 6.23. The van der Waals surface area contributed by atoms with E-state index in [1.165, 1.54) is 31.2 Å². The summed E-state index contributed by atoms with van der Waals surface area (Å²) < 4.78 is 5.16. The minimum absolute atomic E-state index is 0.0397. The molecule has 0 atom stereocenters. The van der Waals surface area contributed by atoms with Crippen LogP contribution in [0.25, 0.3) is 0 Å². The summed E-state index contributed by atoms with van der Waals surface area (Å²) in [4.78, 5) is 17.0. The Labute approximate surface area is 153 Å². The number of rotatable bonds is 7. The maximum atomic E-state index is 12.5. The molecule has 1 aliphatic carbocycles. The smallest absolute Gasteiger partial charge is 0.254 e. The lowest BCUT2D eigenvalue weighted by Gasteiger charge is -2.12. The molecule has 0 radical (unpaired) electrons. The van der Waals surface area contributed by atoms with Crippen LogP contribution < -0.4 is 10.1 Å². The summed E-state index contributed by atoms with van der Waals surface area (Å²) in [6.07, 6.45) is 7.58. The molecule has 1 aromatic heterocycles. The van der Waals surface area contributed by atoms with E-state index >= 15 is 0 Å². The summed E-state index contributed by atoms with van der Waals surface area (Å²) in [6, 6.07) is 11.6. The first-order valence-electron chi connectivity index (χ1n) is 8.79. The first kappa shape index (κ1) is 17.8. The number of amides is 1. The van der Waals surface area contributed by atoms with Gasteiger partial charge in [-0.15, -0.1) is 11.8 Å². The minimum atomic E-state index is -0.0397. The lowest BCUT2D eigenvalue weighted by Crippen LogP contribution is -2.26. The summed E-state index contributed by atoms with van der Waals surface area (Å²) in [6.45, 7) is 0.605. The Balaban J connectivity index is 1.55. The van der Waals surface area contributed by atoms with Gasteiger partial charge >= 0.3 is 0 Å². The molecule has 1 fully saturated rings. The van der Waals surface area contributed by atoms with E-state index in [1.807, 2.05) is 36.4 Å². The van der Waals surface area contributed by atoms with Gasteiger partial charge in [0.1, 0.15) is 10.8 Å². The van der Waals surface area contributed by atoms with Crippen molar-refractivity contribution in [1.29, 1.82) is 0 Å². The van der Waals surface area contributed by atoms with Crippen LogP contribution in [0.5, 0.6) is 5.75 Å². The summed E-state index contributed by atoms with van der Waals surface area (Å²) in [5.41, 5.74) is 1.86. The van der Waals surface area contributed by atoms with Crippen molar-refractivity contribution >= 4 is 17.7 Å². The van der Waals surface area contributed by atoms with E-state index in [1.54, 1.807) is 25.1 Å². The average Bonchev–Trinajstić information content (AvgIpc) is 3.16. The van der Waals surface area contributed by atoms with Crippen LogP contribution in [0.2, 0.25) is 0 Å². The van der Waals surface area contributed by atoms with E-state index in [0.717, 1.165) is 17.2 Å². The molecule has 1 aromatic carbocycles. The third-order valence-corrected chi connectivity index (χ3v) is 5.81. The van der Waals surface area contributed by atoms with Crippen molar-refractivity contribution in [2.24, 2.45) is 0 Å². The molecular weight excluding hydrogens is 332 g/mol. The molecule has 1 heterocycles. The lowest BCUT2D eigenvalue weighted by molar-refractivity contribution is 0.0950. The molecule has 4 nitrogen and oxygen atoms in total. The number of methoxy groups -OCH3 is 1. The fourth-order valence-electron chi connectivity index (χ4n) is 3.03. The van der Waals surface area contributed by atoms with E-state index < -0.39 is 0 Å². The van der Waals surface area contributed by atoms with E-state index in [4.69, 9.17) is 4.74 Å². The molecule has 25 heavy (non-hydrogen) atoms. The zero-order chi connectivity index (χ0) is 17.5. The van der Waals surface area contributed by atoms with Crippen molar-refractivity contribution in [2.75, 3.05) is 13.7 Å². The molecule has 0 spiro atoms. The number of nitrogens with zero attached hydrogens (tertiary/aromatic N) is 1. The molecule has 1 amide bonds. The first-order chi connectivity index (χ1) is 12.3. The maximum Gasteiger partial charge on any atom is 0.254 e. The Kier molecular flexibility index (Phi) is 6.34. The number of nitrogens with one attached hydrogen (secondary N) is 1. The van der Waals surface area contributed by atoms with Crippen molar-refractivity contribution in [3.05, 3.63) is 53.7 Å². The lowest BCUT2D eigenvalue weighted by atomic mass is 10.1. The predicted octanol–water partition coefficient (Wildman–Crippen LogP) is 4.10. The van der Waals surface area contributed by atoms with Gasteiger partial charge in [0.2, 0.25) is 0 Å². The third-order valence-electron chi connectivity index (χ3n) is 4.45. The molecule has 2 aromatic rings. The second kappa shape index (κ2) is 8.90. The molecule has 0 unspecified atom stereocenters. The number of carbonyl (C=O) groups is 1. The highest BCUT2D eigenvalue weighted by atomic mass is 32.2. The van der Waals surface area contributed by atoms with E-state index in [9.17, 15) is 4.79 Å². The van der Waals surface area contributed by atoms with Gasteiger partial charge in [0.25, 0.3) is 5.91 Å². The van der Waals surface area contributed by atoms with Crippen molar-refractivity contribution in [1.82, 2.24) is 10.3 Å². The number of carbonyl (C=O) groups excluding carboxylic acids is 1. The molecule has 1 aliphatic rings. The van der Waals surface area contributed by atoms with Crippen LogP contribution >= 0.6 is 11.8 Å². The highest BCUT2D eigenvalue weighted by Crippen LogP contribution is 2.35. The average molecular weight is 356 g/mol. The summed E-state index contributed by atoms with van der Waals surface area (Å²) in [5, 5.41) is 4.47. The summed E-state index contributed by atoms with van der Waals surface area (Å²) in [5.74, 6) is 0.804. The SMILES string of the molecule is COc1ccc(CCNC(=O)c2cccnc2SC2CCCC2)cc1. The molecule has 0 aliphatic heterocycles. The van der Waals surface area contributed by atoms with Gasteiger partial charge in [0.15, 0.2) is 0 Å². The van der Waals surface area contributed by atoms with Gasteiger partial charge in [-0.05, 0) is 49.1 Å². The molecule has 0 saturated heterocycles. The van der Waals surface area contributed by atoms with Crippen LogP contribution in [0.15, 0.2) is 47.6 Å². The maximum absolute atomic E-state index is 12.5. The number of hydrogen-bond acceptors (Lipinski definition) is 4. The largest absolute Gasteiger partial charge is 0.497 e. The number of ether oxygens (including phenoxy) is 1. The van der Waals surface area contributed by atoms with Gasteiger partial charge in [-0.3, -0.25) is 4.79 Å². The van der Waals surface area contributed by atoms with E-state index in [0.29, 0.717) is 17.4 Å². The van der Waals surface area contributed by atoms with Gasteiger partial charge in [-0.2, -0.15) is 0 Å². The summed E-state index contributed by atoms with van der Waals surface area (Å²) in [7, 11) is 1.66. The van der Waals surface area contributed by atoms with Gasteiger partial charge in [0, 0.05) is 18.0 Å². The van der Waals surface area contributed by atoms with Gasteiger partial charge < -0.3 is 10.1 Å². The molecule has 132 valence electrons. The van der Waals surface area contributed by atoms with Gasteiger partial charge in [-0.25, -0.2) is 4.98 Å². The topological polar surface area (TPSA) is 51.2 Å². The van der Waals surface area contributed by atoms with Gasteiger partial charge in [0.05, 0.1) is 12.7 Å². The number of pyridine rings is 1. The number of thioether (sulfide) groups is 1. The molecule has 1 N–H and O–H groups in total. The molecule has 0 bridgehead atoms. The van der Waals surface area contributed by atoms with Crippen molar-refractivity contribution in [3.63, 3.8) is 0 Å². The highest BCUT2D eigenvalue weighted by molar-refractivity contribution is 7.99. The zero-order valence-corrected chi connectivity index (χ0v) is 15.3. The Morgan fingerprint density at radius 3 is 2.72 bits per heavy atom. The number of aromatic nitrogens is 1. The standard InChI is InChI=1S/C20H24N2O2S/c1-24-16-10-8-15(9-11-16)12-14-21-19(23)18-7-4-13-22-20(18)25-17-5-2-3-6-17/h4,7-11,13,17H,2-3,5-6,12,14H2,1H3,(H,21,23). The van der Waals surface area contributed by atoms with E-state index in [-0.39, 0.29) is 5.91 Å². The van der Waals surface area contributed by atoms with Crippen LogP contribution in [-0.4, -0.2) is 29.8 Å². The van der Waals surface area contributed by atoms with Crippen molar-refractivity contribution < 1.29 is 9.53 Å². The monoisotopic (exact) mass is 356 g/mol. The van der Waals surface area contributed by atoms with Crippen LogP contribution in [0.3, 0.4) is 0 Å². The fraction of sp³-hybridized carbons (Fsp3) is 0.400. The molecule has 1 saturated carbocycles. The Morgan fingerprint density at radius 1 is 1.24 bits per heavy atom. The third kappa shape index (κ3) is 4.98. The summed E-state index contributed by atoms with van der Waals surface area (Å²) >= 11 is 1.75. The first-order valence-corrected chi connectivity index (χ1v) is 9.67. The quantitative estimate of drug-likeness (QED) is 0.811. The molecule has 3 rings (SSSR count). The van der Waals surface area contributed by atoms with E-state index in [2.05, 4.69) is 10.3 Å². The van der Waals surface area contributed by atoms with Crippen LogP contribution in [0, 0.1) is 0 Å². The normalized spacial score (nSPS) is 14.4. The highest BCUT2D eigenvalue weighted by Gasteiger charge is 2.20.